The van der Waals surface area contributed by atoms with Crippen LogP contribution in [-0.4, -0.2) is 56.4 Å². The van der Waals surface area contributed by atoms with Gasteiger partial charge in [-0.05, 0) is 31.4 Å². The zero-order valence-corrected chi connectivity index (χ0v) is 17.0. The molecule has 3 rings (SSSR count). The maximum absolute atomic E-state index is 11.5. The molecule has 1 saturated heterocycles. The van der Waals surface area contributed by atoms with Crippen LogP contribution in [-0.2, 0) is 10.0 Å². The Hall–Kier alpha value is -2.28. The quantitative estimate of drug-likeness (QED) is 0.670. The zero-order chi connectivity index (χ0) is 20.1. The lowest BCUT2D eigenvalue weighted by atomic mass is 9.95. The number of hydrogen-bond donors (Lipinski definition) is 2. The van der Waals surface area contributed by atoms with Crippen molar-refractivity contribution in [3.05, 3.63) is 30.1 Å². The SMILES string of the molecule is CCS(=O)(=O)NCCN[C@@H]1C[C@H](C)CN(c2ccc(C#N)c3nccnc23)C1. The van der Waals surface area contributed by atoms with Crippen LogP contribution in [0.3, 0.4) is 0 Å². The molecule has 0 aliphatic carbocycles. The number of benzene rings is 1. The molecule has 0 unspecified atom stereocenters. The van der Waals surface area contributed by atoms with Crippen molar-refractivity contribution in [2.75, 3.05) is 36.8 Å². The van der Waals surface area contributed by atoms with Crippen LogP contribution >= 0.6 is 0 Å². The molecular weight excluding hydrogens is 376 g/mol. The third-order valence-electron chi connectivity index (χ3n) is 4.98. The molecule has 9 heteroatoms. The Kier molecular flexibility index (Phi) is 6.44. The summed E-state index contributed by atoms with van der Waals surface area (Å²) < 4.78 is 25.7. The first-order chi connectivity index (χ1) is 13.4. The topological polar surface area (TPSA) is 111 Å². The number of nitrogens with zero attached hydrogens (tertiary/aromatic N) is 4. The third-order valence-corrected chi connectivity index (χ3v) is 6.39. The summed E-state index contributed by atoms with van der Waals surface area (Å²) in [5.41, 5.74) is 2.87. The van der Waals surface area contributed by atoms with E-state index in [0.29, 0.717) is 30.1 Å². The van der Waals surface area contributed by atoms with E-state index in [2.05, 4.69) is 37.9 Å². The fraction of sp³-hybridized carbons (Fsp3) is 0.526. The minimum absolute atomic E-state index is 0.0913. The lowest BCUT2D eigenvalue weighted by Gasteiger charge is -2.38. The monoisotopic (exact) mass is 402 g/mol. The number of fused-ring (bicyclic) bond motifs is 1. The highest BCUT2D eigenvalue weighted by molar-refractivity contribution is 7.89. The molecule has 0 amide bonds. The van der Waals surface area contributed by atoms with Crippen LogP contribution in [0.5, 0.6) is 0 Å². The van der Waals surface area contributed by atoms with Gasteiger partial charge in [-0.3, -0.25) is 9.97 Å². The fourth-order valence-corrected chi connectivity index (χ4v) is 4.29. The van der Waals surface area contributed by atoms with Gasteiger partial charge in [0, 0.05) is 44.6 Å². The van der Waals surface area contributed by atoms with Gasteiger partial charge < -0.3 is 10.2 Å². The van der Waals surface area contributed by atoms with E-state index in [4.69, 9.17) is 0 Å². The number of sulfonamides is 1. The van der Waals surface area contributed by atoms with E-state index in [1.165, 1.54) is 0 Å². The number of rotatable bonds is 7. The first-order valence-electron chi connectivity index (χ1n) is 9.53. The molecule has 1 aliphatic rings. The predicted molar refractivity (Wildman–Crippen MR) is 110 cm³/mol. The standard InChI is InChI=1S/C19H26N6O2S/c1-3-28(26,27)24-9-8-21-16-10-14(2)12-25(13-16)17-5-4-15(11-20)18-19(17)23-7-6-22-18/h4-7,14,16,21,24H,3,8-10,12-13H2,1-2H3/t14-,16+/m0/s1. The average Bonchev–Trinajstić information content (AvgIpc) is 2.70. The van der Waals surface area contributed by atoms with Gasteiger partial charge in [-0.2, -0.15) is 5.26 Å². The van der Waals surface area contributed by atoms with Crippen LogP contribution in [0.15, 0.2) is 24.5 Å². The molecule has 0 saturated carbocycles. The Bertz CT molecular complexity index is 972. The van der Waals surface area contributed by atoms with Gasteiger partial charge in [-0.1, -0.05) is 6.92 Å². The molecule has 2 heterocycles. The summed E-state index contributed by atoms with van der Waals surface area (Å²) >= 11 is 0. The predicted octanol–water partition coefficient (Wildman–Crippen LogP) is 1.25. The van der Waals surface area contributed by atoms with E-state index in [9.17, 15) is 13.7 Å². The van der Waals surface area contributed by atoms with Gasteiger partial charge in [-0.25, -0.2) is 13.1 Å². The Morgan fingerprint density at radius 1 is 1.21 bits per heavy atom. The number of anilines is 1. The number of hydrogen-bond acceptors (Lipinski definition) is 7. The Balaban J connectivity index is 1.72. The van der Waals surface area contributed by atoms with Gasteiger partial charge in [0.25, 0.3) is 0 Å². The smallest absolute Gasteiger partial charge is 0.211 e. The second-order valence-electron chi connectivity index (χ2n) is 7.19. The van der Waals surface area contributed by atoms with Crippen LogP contribution in [0, 0.1) is 17.2 Å². The summed E-state index contributed by atoms with van der Waals surface area (Å²) in [4.78, 5) is 11.1. The molecule has 2 aromatic rings. The van der Waals surface area contributed by atoms with Crippen LogP contribution in [0.2, 0.25) is 0 Å². The van der Waals surface area contributed by atoms with Crippen LogP contribution < -0.4 is 14.9 Å². The maximum Gasteiger partial charge on any atom is 0.211 e. The number of piperidine rings is 1. The van der Waals surface area contributed by atoms with Crippen molar-refractivity contribution < 1.29 is 8.42 Å². The van der Waals surface area contributed by atoms with Crippen molar-refractivity contribution in [1.29, 1.82) is 5.26 Å². The van der Waals surface area contributed by atoms with E-state index in [-0.39, 0.29) is 11.8 Å². The fourth-order valence-electron chi connectivity index (χ4n) is 3.67. The van der Waals surface area contributed by atoms with Crippen LogP contribution in [0.25, 0.3) is 11.0 Å². The minimum atomic E-state index is -3.16. The largest absolute Gasteiger partial charge is 0.368 e. The molecule has 28 heavy (non-hydrogen) atoms. The maximum atomic E-state index is 11.5. The molecule has 0 bridgehead atoms. The Morgan fingerprint density at radius 3 is 2.68 bits per heavy atom. The second kappa shape index (κ2) is 8.82. The highest BCUT2D eigenvalue weighted by Crippen LogP contribution is 2.29. The summed E-state index contributed by atoms with van der Waals surface area (Å²) in [6.45, 7) is 6.49. The number of nitrogens with one attached hydrogen (secondary N) is 2. The van der Waals surface area contributed by atoms with Crippen molar-refractivity contribution in [1.82, 2.24) is 20.0 Å². The lowest BCUT2D eigenvalue weighted by Crippen LogP contribution is -2.50. The first kappa shape index (κ1) is 20.5. The molecule has 8 nitrogen and oxygen atoms in total. The van der Waals surface area contributed by atoms with Gasteiger partial charge in [-0.15, -0.1) is 0 Å². The molecule has 1 fully saturated rings. The van der Waals surface area contributed by atoms with E-state index < -0.39 is 10.0 Å². The van der Waals surface area contributed by atoms with Crippen molar-refractivity contribution >= 4 is 26.7 Å². The van der Waals surface area contributed by atoms with Crippen LogP contribution in [0.4, 0.5) is 5.69 Å². The minimum Gasteiger partial charge on any atom is -0.368 e. The van der Waals surface area contributed by atoms with Crippen molar-refractivity contribution in [2.45, 2.75) is 26.3 Å². The van der Waals surface area contributed by atoms with E-state index >= 15 is 0 Å². The zero-order valence-electron chi connectivity index (χ0n) is 16.2. The van der Waals surface area contributed by atoms with Crippen molar-refractivity contribution in [3.63, 3.8) is 0 Å². The Labute approximate surface area is 166 Å². The van der Waals surface area contributed by atoms with Gasteiger partial charge in [0.2, 0.25) is 10.0 Å². The van der Waals surface area contributed by atoms with E-state index in [1.807, 2.05) is 6.07 Å². The number of nitriles is 1. The lowest BCUT2D eigenvalue weighted by molar-refractivity contribution is 0.353. The van der Waals surface area contributed by atoms with Crippen molar-refractivity contribution in [3.8, 4) is 6.07 Å². The van der Waals surface area contributed by atoms with Gasteiger partial charge in [0.05, 0.1) is 17.0 Å². The summed E-state index contributed by atoms with van der Waals surface area (Å²) in [7, 11) is -3.16. The molecule has 0 spiro atoms. The van der Waals surface area contributed by atoms with Crippen LogP contribution in [0.1, 0.15) is 25.8 Å². The second-order valence-corrected chi connectivity index (χ2v) is 9.29. The molecule has 2 atom stereocenters. The number of aromatic nitrogens is 2. The molecule has 1 aliphatic heterocycles. The summed E-state index contributed by atoms with van der Waals surface area (Å²) in [6.07, 6.45) is 4.28. The summed E-state index contributed by atoms with van der Waals surface area (Å²) in [5.74, 6) is 0.564. The van der Waals surface area contributed by atoms with Gasteiger partial charge in [0.1, 0.15) is 17.1 Å². The van der Waals surface area contributed by atoms with Crippen molar-refractivity contribution in [2.24, 2.45) is 5.92 Å². The normalized spacial score (nSPS) is 20.2. The first-order valence-corrected chi connectivity index (χ1v) is 11.2. The highest BCUT2D eigenvalue weighted by Gasteiger charge is 2.26. The average molecular weight is 403 g/mol. The Morgan fingerprint density at radius 2 is 1.96 bits per heavy atom. The van der Waals surface area contributed by atoms with Gasteiger partial charge in [0.15, 0.2) is 0 Å². The molecule has 1 aromatic carbocycles. The van der Waals surface area contributed by atoms with E-state index in [1.54, 1.807) is 25.4 Å². The van der Waals surface area contributed by atoms with E-state index in [0.717, 1.165) is 30.7 Å². The third kappa shape index (κ3) is 4.76. The summed E-state index contributed by atoms with van der Waals surface area (Å²) in [5, 5.41) is 12.8. The molecule has 150 valence electrons. The van der Waals surface area contributed by atoms with Gasteiger partial charge >= 0.3 is 0 Å². The molecule has 2 N–H and O–H groups in total. The highest BCUT2D eigenvalue weighted by atomic mass is 32.2. The molecule has 0 radical (unpaired) electrons. The molecule has 1 aromatic heterocycles. The molecular formula is C19H26N6O2S. The summed E-state index contributed by atoms with van der Waals surface area (Å²) in [6, 6.07) is 6.17.